The lowest BCUT2D eigenvalue weighted by Crippen LogP contribution is -2.42. The van der Waals surface area contributed by atoms with E-state index in [1.54, 1.807) is 0 Å². The van der Waals surface area contributed by atoms with Gasteiger partial charge >= 0.3 is 0 Å². The Morgan fingerprint density at radius 1 is 1.30 bits per heavy atom. The Labute approximate surface area is 184 Å². The summed E-state index contributed by atoms with van der Waals surface area (Å²) in [6, 6.07) is 0. The SMILES string of the molecule is CSC(C)CNC(=NCc1nnc(C)n1C)NCCCN1CCOCC1.I. The molecule has 1 unspecified atom stereocenters. The first-order valence-corrected chi connectivity index (χ1v) is 10.6. The van der Waals surface area contributed by atoms with E-state index in [1.807, 2.05) is 30.3 Å². The van der Waals surface area contributed by atoms with E-state index >= 15 is 0 Å². The lowest BCUT2D eigenvalue weighted by atomic mass is 10.3. The van der Waals surface area contributed by atoms with Crippen molar-refractivity contribution in [3.05, 3.63) is 11.6 Å². The van der Waals surface area contributed by atoms with E-state index in [0.29, 0.717) is 11.8 Å². The van der Waals surface area contributed by atoms with Crippen LogP contribution in [0.3, 0.4) is 0 Å². The predicted molar refractivity (Wildman–Crippen MR) is 123 cm³/mol. The van der Waals surface area contributed by atoms with Gasteiger partial charge in [-0.15, -0.1) is 34.2 Å². The first kappa shape index (κ1) is 24.4. The molecular formula is C17H34IN7OS. The number of aryl methyl sites for hydroxylation is 1. The third kappa shape index (κ3) is 8.97. The summed E-state index contributed by atoms with van der Waals surface area (Å²) in [5.74, 6) is 2.61. The van der Waals surface area contributed by atoms with Gasteiger partial charge < -0.3 is 19.9 Å². The maximum atomic E-state index is 5.39. The topological polar surface area (TPSA) is 79.6 Å². The molecule has 27 heavy (non-hydrogen) atoms. The average Bonchev–Trinajstić information content (AvgIpc) is 2.99. The zero-order valence-electron chi connectivity index (χ0n) is 16.9. The molecular weight excluding hydrogens is 477 g/mol. The molecule has 2 N–H and O–H groups in total. The van der Waals surface area contributed by atoms with Gasteiger partial charge in [0.2, 0.25) is 0 Å². The van der Waals surface area contributed by atoms with Crippen LogP contribution in [0, 0.1) is 6.92 Å². The van der Waals surface area contributed by atoms with Crippen LogP contribution in [0.4, 0.5) is 0 Å². The number of aliphatic imine (C=N–C) groups is 1. The second-order valence-corrected chi connectivity index (χ2v) is 7.82. The van der Waals surface area contributed by atoms with Crippen molar-refractivity contribution in [1.29, 1.82) is 0 Å². The van der Waals surface area contributed by atoms with Crippen LogP contribution in [0.5, 0.6) is 0 Å². The van der Waals surface area contributed by atoms with Gasteiger partial charge in [-0.3, -0.25) is 4.90 Å². The number of guanidine groups is 1. The number of nitrogens with one attached hydrogen (secondary N) is 2. The van der Waals surface area contributed by atoms with Crippen LogP contribution in [0.25, 0.3) is 0 Å². The minimum Gasteiger partial charge on any atom is -0.379 e. The third-order valence-electron chi connectivity index (χ3n) is 4.57. The minimum atomic E-state index is 0. The normalized spacial score (nSPS) is 16.7. The lowest BCUT2D eigenvalue weighted by Gasteiger charge is -2.26. The number of hydrogen-bond donors (Lipinski definition) is 2. The molecule has 1 aromatic rings. The zero-order chi connectivity index (χ0) is 18.8. The standard InChI is InChI=1S/C17H33N7OS.HI/c1-14(26-4)12-19-17(20-13-16-22-21-15(2)23(16)3)18-6-5-7-24-8-10-25-11-9-24;/h14H,5-13H2,1-4H3,(H2,18,19,20);1H. The van der Waals surface area contributed by atoms with E-state index in [-0.39, 0.29) is 24.0 Å². The van der Waals surface area contributed by atoms with Crippen molar-refractivity contribution in [2.45, 2.75) is 32.1 Å². The summed E-state index contributed by atoms with van der Waals surface area (Å²) in [7, 11) is 1.97. The first-order valence-electron chi connectivity index (χ1n) is 9.30. The molecule has 8 nitrogen and oxygen atoms in total. The molecule has 0 saturated carbocycles. The summed E-state index contributed by atoms with van der Waals surface area (Å²) in [5, 5.41) is 15.7. The molecule has 1 atom stereocenters. The van der Waals surface area contributed by atoms with Gasteiger partial charge in [0.15, 0.2) is 11.8 Å². The Morgan fingerprint density at radius 2 is 2.04 bits per heavy atom. The number of thioether (sulfide) groups is 1. The largest absolute Gasteiger partial charge is 0.379 e. The van der Waals surface area contributed by atoms with Crippen molar-refractivity contribution < 1.29 is 4.74 Å². The van der Waals surface area contributed by atoms with E-state index in [0.717, 1.165) is 70.0 Å². The average molecular weight is 511 g/mol. The van der Waals surface area contributed by atoms with Gasteiger partial charge in [0.05, 0.1) is 13.2 Å². The Morgan fingerprint density at radius 3 is 2.67 bits per heavy atom. The van der Waals surface area contributed by atoms with E-state index < -0.39 is 0 Å². The molecule has 0 aromatic carbocycles. The van der Waals surface area contributed by atoms with Gasteiger partial charge in [-0.25, -0.2) is 4.99 Å². The molecule has 1 aliphatic heterocycles. The van der Waals surface area contributed by atoms with E-state index in [2.05, 4.69) is 43.9 Å². The van der Waals surface area contributed by atoms with E-state index in [4.69, 9.17) is 4.74 Å². The number of aromatic nitrogens is 3. The molecule has 2 rings (SSSR count). The lowest BCUT2D eigenvalue weighted by molar-refractivity contribution is 0.0376. The molecule has 0 spiro atoms. The molecule has 1 saturated heterocycles. The summed E-state index contributed by atoms with van der Waals surface area (Å²) < 4.78 is 7.37. The number of halogens is 1. The Kier molecular flexibility index (Phi) is 12.3. The fourth-order valence-corrected chi connectivity index (χ4v) is 2.82. The molecule has 0 bridgehead atoms. The summed E-state index contributed by atoms with van der Waals surface area (Å²) in [6.07, 6.45) is 3.21. The van der Waals surface area contributed by atoms with E-state index in [1.165, 1.54) is 0 Å². The smallest absolute Gasteiger partial charge is 0.191 e. The van der Waals surface area contributed by atoms with Crippen molar-refractivity contribution in [1.82, 2.24) is 30.3 Å². The maximum Gasteiger partial charge on any atom is 0.191 e. The van der Waals surface area contributed by atoms with Crippen molar-refractivity contribution >= 4 is 41.7 Å². The van der Waals surface area contributed by atoms with Crippen molar-refractivity contribution in [3.8, 4) is 0 Å². The summed E-state index contributed by atoms with van der Waals surface area (Å²) in [5.41, 5.74) is 0. The highest BCUT2D eigenvalue weighted by Crippen LogP contribution is 2.03. The van der Waals surface area contributed by atoms with Crippen LogP contribution in [0.15, 0.2) is 4.99 Å². The quantitative estimate of drug-likeness (QED) is 0.224. The number of nitrogens with zero attached hydrogens (tertiary/aromatic N) is 5. The highest BCUT2D eigenvalue weighted by molar-refractivity contribution is 14.0. The van der Waals surface area contributed by atoms with Gasteiger partial charge in [-0.05, 0) is 26.1 Å². The fourth-order valence-electron chi connectivity index (χ4n) is 2.57. The van der Waals surface area contributed by atoms with Gasteiger partial charge in [-0.1, -0.05) is 6.92 Å². The molecule has 156 valence electrons. The molecule has 0 aliphatic carbocycles. The van der Waals surface area contributed by atoms with Crippen LogP contribution in [0.1, 0.15) is 25.0 Å². The van der Waals surface area contributed by atoms with Gasteiger partial charge in [0.25, 0.3) is 0 Å². The minimum absolute atomic E-state index is 0. The first-order chi connectivity index (χ1) is 12.6. The molecule has 0 amide bonds. The number of hydrogen-bond acceptors (Lipinski definition) is 6. The second kappa shape index (κ2) is 13.6. The highest BCUT2D eigenvalue weighted by Gasteiger charge is 2.10. The Balaban J connectivity index is 0.00000364. The van der Waals surface area contributed by atoms with Crippen molar-refractivity contribution in [2.24, 2.45) is 12.0 Å². The number of rotatable bonds is 9. The summed E-state index contributed by atoms with van der Waals surface area (Å²) >= 11 is 1.84. The molecule has 10 heteroatoms. The summed E-state index contributed by atoms with van der Waals surface area (Å²) in [4.78, 5) is 7.14. The van der Waals surface area contributed by atoms with Gasteiger partial charge in [-0.2, -0.15) is 11.8 Å². The third-order valence-corrected chi connectivity index (χ3v) is 5.54. The molecule has 1 fully saturated rings. The van der Waals surface area contributed by atoms with Crippen LogP contribution >= 0.6 is 35.7 Å². The zero-order valence-corrected chi connectivity index (χ0v) is 20.0. The predicted octanol–water partition coefficient (Wildman–Crippen LogP) is 1.25. The second-order valence-electron chi connectivity index (χ2n) is 6.55. The molecule has 1 aliphatic rings. The number of ether oxygens (including phenoxy) is 1. The van der Waals surface area contributed by atoms with E-state index in [9.17, 15) is 0 Å². The van der Waals surface area contributed by atoms with Gasteiger partial charge in [0.1, 0.15) is 12.4 Å². The summed E-state index contributed by atoms with van der Waals surface area (Å²) in [6.45, 7) is 11.3. The highest BCUT2D eigenvalue weighted by atomic mass is 127. The van der Waals surface area contributed by atoms with Gasteiger partial charge in [0, 0.05) is 38.5 Å². The Bertz CT molecular complexity index is 563. The number of morpholine rings is 1. The molecule has 0 radical (unpaired) electrons. The maximum absolute atomic E-state index is 5.39. The molecule has 1 aromatic heterocycles. The monoisotopic (exact) mass is 511 g/mol. The van der Waals surface area contributed by atoms with Crippen LogP contribution in [-0.4, -0.2) is 83.1 Å². The van der Waals surface area contributed by atoms with Crippen molar-refractivity contribution in [2.75, 3.05) is 52.2 Å². The molecule has 2 heterocycles. The Hall–Kier alpha value is -0.590. The van der Waals surface area contributed by atoms with Crippen LogP contribution < -0.4 is 10.6 Å². The van der Waals surface area contributed by atoms with Crippen LogP contribution in [0.2, 0.25) is 0 Å². The van der Waals surface area contributed by atoms with Crippen molar-refractivity contribution in [3.63, 3.8) is 0 Å². The fraction of sp³-hybridized carbons (Fsp3) is 0.824. The van der Waals surface area contributed by atoms with Crippen LogP contribution in [-0.2, 0) is 18.3 Å².